The van der Waals surface area contributed by atoms with Crippen molar-refractivity contribution in [2.24, 2.45) is 5.73 Å². The Labute approximate surface area is 148 Å². The minimum absolute atomic E-state index is 0.341. The fraction of sp³-hybridized carbons (Fsp3) is 0.0556. The molecule has 0 saturated heterocycles. The van der Waals surface area contributed by atoms with Crippen molar-refractivity contribution in [3.05, 3.63) is 78.7 Å². The molecule has 0 aliphatic rings. The third-order valence-corrected chi connectivity index (χ3v) is 3.81. The van der Waals surface area contributed by atoms with Crippen LogP contribution in [0.3, 0.4) is 0 Å². The van der Waals surface area contributed by atoms with Crippen LogP contribution in [0.25, 0.3) is 17.4 Å². The van der Waals surface area contributed by atoms with Gasteiger partial charge in [-0.05, 0) is 29.8 Å². The van der Waals surface area contributed by atoms with Crippen molar-refractivity contribution in [2.75, 3.05) is 0 Å². The molecule has 8 heteroatoms. The predicted octanol–water partition coefficient (Wildman–Crippen LogP) is 1.93. The van der Waals surface area contributed by atoms with Gasteiger partial charge in [0, 0.05) is 30.9 Å². The van der Waals surface area contributed by atoms with E-state index in [1.54, 1.807) is 65.9 Å². The molecule has 4 aromatic heterocycles. The van der Waals surface area contributed by atoms with Gasteiger partial charge in [0.1, 0.15) is 5.92 Å². The van der Waals surface area contributed by atoms with Crippen LogP contribution in [-0.4, -0.2) is 30.6 Å². The lowest BCUT2D eigenvalue weighted by molar-refractivity contribution is -0.118. The van der Waals surface area contributed by atoms with E-state index in [1.165, 1.54) is 6.26 Å². The quantitative estimate of drug-likeness (QED) is 0.591. The van der Waals surface area contributed by atoms with Crippen molar-refractivity contribution in [3.63, 3.8) is 0 Å². The number of nitrogens with zero attached hydrogens (tertiary/aromatic N) is 5. The zero-order valence-electron chi connectivity index (χ0n) is 13.6. The molecule has 0 spiro atoms. The summed E-state index contributed by atoms with van der Waals surface area (Å²) in [5, 5.41) is 4.19. The Morgan fingerprint density at radius 3 is 2.73 bits per heavy atom. The van der Waals surface area contributed by atoms with E-state index in [0.717, 1.165) is 0 Å². The lowest BCUT2D eigenvalue weighted by Crippen LogP contribution is -2.24. The Bertz CT molecular complexity index is 961. The standard InChI is InChI=1S/C18H14N6O2/c19-17(25)16(12-4-1-6-20-11-12)13-10-15(24-8-3-7-21-24)23-18(22-13)14-5-2-9-26-14/h1-11,16H,(H2,19,25). The number of carbonyl (C=O) groups excluding carboxylic acids is 1. The molecule has 0 bridgehead atoms. The maximum Gasteiger partial charge on any atom is 0.231 e. The number of pyridine rings is 1. The highest BCUT2D eigenvalue weighted by atomic mass is 16.3. The lowest BCUT2D eigenvalue weighted by Gasteiger charge is -2.15. The van der Waals surface area contributed by atoms with Gasteiger partial charge in [-0.3, -0.25) is 9.78 Å². The van der Waals surface area contributed by atoms with Crippen LogP contribution in [0.2, 0.25) is 0 Å². The number of hydrogen-bond donors (Lipinski definition) is 1. The summed E-state index contributed by atoms with van der Waals surface area (Å²) < 4.78 is 6.99. The van der Waals surface area contributed by atoms with Gasteiger partial charge in [0.2, 0.25) is 5.91 Å². The molecule has 0 fully saturated rings. The fourth-order valence-corrected chi connectivity index (χ4v) is 2.67. The van der Waals surface area contributed by atoms with E-state index < -0.39 is 11.8 Å². The van der Waals surface area contributed by atoms with Gasteiger partial charge in [-0.1, -0.05) is 6.07 Å². The highest BCUT2D eigenvalue weighted by Crippen LogP contribution is 2.26. The molecule has 2 N–H and O–H groups in total. The Hall–Kier alpha value is -3.81. The maximum absolute atomic E-state index is 12.2. The largest absolute Gasteiger partial charge is 0.461 e. The summed E-state index contributed by atoms with van der Waals surface area (Å²) in [6.45, 7) is 0. The summed E-state index contributed by atoms with van der Waals surface area (Å²) in [7, 11) is 0. The molecule has 0 radical (unpaired) electrons. The second-order valence-corrected chi connectivity index (χ2v) is 5.52. The molecular formula is C18H14N6O2. The molecule has 26 heavy (non-hydrogen) atoms. The van der Waals surface area contributed by atoms with Gasteiger partial charge in [-0.25, -0.2) is 14.6 Å². The molecule has 0 aliphatic heterocycles. The smallest absolute Gasteiger partial charge is 0.231 e. The van der Waals surface area contributed by atoms with Crippen molar-refractivity contribution in [1.29, 1.82) is 0 Å². The predicted molar refractivity (Wildman–Crippen MR) is 92.1 cm³/mol. The van der Waals surface area contributed by atoms with Crippen LogP contribution in [0, 0.1) is 0 Å². The molecule has 4 aromatic rings. The van der Waals surface area contributed by atoms with E-state index in [4.69, 9.17) is 10.2 Å². The molecule has 4 heterocycles. The third kappa shape index (κ3) is 2.95. The van der Waals surface area contributed by atoms with Gasteiger partial charge in [0.15, 0.2) is 17.4 Å². The molecule has 8 nitrogen and oxygen atoms in total. The van der Waals surface area contributed by atoms with E-state index in [1.807, 2.05) is 0 Å². The first-order valence-electron chi connectivity index (χ1n) is 7.84. The van der Waals surface area contributed by atoms with Crippen LogP contribution in [0.5, 0.6) is 0 Å². The number of aromatic nitrogens is 5. The zero-order valence-corrected chi connectivity index (χ0v) is 13.6. The second kappa shape index (κ2) is 6.60. The number of carbonyl (C=O) groups is 1. The SMILES string of the molecule is NC(=O)C(c1cccnc1)c1cc(-n2cccn2)nc(-c2ccco2)n1. The first kappa shape index (κ1) is 15.7. The summed E-state index contributed by atoms with van der Waals surface area (Å²) in [6.07, 6.45) is 8.15. The number of amides is 1. The monoisotopic (exact) mass is 346 g/mol. The highest BCUT2D eigenvalue weighted by Gasteiger charge is 2.24. The molecule has 4 rings (SSSR count). The van der Waals surface area contributed by atoms with Crippen LogP contribution in [-0.2, 0) is 4.79 Å². The summed E-state index contributed by atoms with van der Waals surface area (Å²) in [5.74, 6) is 0.0209. The van der Waals surface area contributed by atoms with Gasteiger partial charge < -0.3 is 10.2 Å². The minimum atomic E-state index is -0.769. The Morgan fingerprint density at radius 2 is 2.08 bits per heavy atom. The maximum atomic E-state index is 12.2. The second-order valence-electron chi connectivity index (χ2n) is 5.52. The van der Waals surface area contributed by atoms with Crippen LogP contribution in [0.1, 0.15) is 17.2 Å². The molecule has 0 aliphatic carbocycles. The van der Waals surface area contributed by atoms with Gasteiger partial charge >= 0.3 is 0 Å². The van der Waals surface area contributed by atoms with Crippen molar-refractivity contribution in [2.45, 2.75) is 5.92 Å². The van der Waals surface area contributed by atoms with Crippen LogP contribution >= 0.6 is 0 Å². The topological polar surface area (TPSA) is 113 Å². The average Bonchev–Trinajstić information content (AvgIpc) is 3.36. The van der Waals surface area contributed by atoms with Crippen molar-refractivity contribution in [1.82, 2.24) is 24.7 Å². The summed E-state index contributed by atoms with van der Waals surface area (Å²) in [4.78, 5) is 25.2. The minimum Gasteiger partial charge on any atom is -0.461 e. The third-order valence-electron chi connectivity index (χ3n) is 3.81. The van der Waals surface area contributed by atoms with Crippen LogP contribution in [0.4, 0.5) is 0 Å². The van der Waals surface area contributed by atoms with Crippen molar-refractivity contribution >= 4 is 5.91 Å². The highest BCUT2D eigenvalue weighted by molar-refractivity contribution is 5.85. The molecule has 128 valence electrons. The Kier molecular flexibility index (Phi) is 3.98. The van der Waals surface area contributed by atoms with E-state index >= 15 is 0 Å². The Balaban J connectivity index is 1.90. The molecule has 1 atom stereocenters. The molecule has 1 unspecified atom stereocenters. The summed E-state index contributed by atoms with van der Waals surface area (Å²) in [5.41, 5.74) is 6.76. The van der Waals surface area contributed by atoms with Gasteiger partial charge in [-0.15, -0.1) is 0 Å². The number of primary amides is 1. The lowest BCUT2D eigenvalue weighted by atomic mass is 9.96. The van der Waals surface area contributed by atoms with E-state index in [9.17, 15) is 4.79 Å². The van der Waals surface area contributed by atoms with Gasteiger partial charge in [0.05, 0.1) is 12.0 Å². The van der Waals surface area contributed by atoms with E-state index in [0.29, 0.717) is 28.7 Å². The van der Waals surface area contributed by atoms with Crippen molar-refractivity contribution < 1.29 is 9.21 Å². The van der Waals surface area contributed by atoms with E-state index in [2.05, 4.69) is 20.1 Å². The number of nitrogens with two attached hydrogens (primary N) is 1. The van der Waals surface area contributed by atoms with Gasteiger partial charge in [0.25, 0.3) is 0 Å². The first-order valence-corrected chi connectivity index (χ1v) is 7.84. The molecule has 0 aromatic carbocycles. The summed E-state index contributed by atoms with van der Waals surface area (Å²) >= 11 is 0. The van der Waals surface area contributed by atoms with Gasteiger partial charge in [-0.2, -0.15) is 5.10 Å². The first-order chi connectivity index (χ1) is 12.7. The number of hydrogen-bond acceptors (Lipinski definition) is 6. The molecular weight excluding hydrogens is 332 g/mol. The molecule has 1 amide bonds. The van der Waals surface area contributed by atoms with Crippen LogP contribution < -0.4 is 5.73 Å². The number of furan rings is 1. The van der Waals surface area contributed by atoms with E-state index in [-0.39, 0.29) is 0 Å². The zero-order chi connectivity index (χ0) is 17.9. The fourth-order valence-electron chi connectivity index (χ4n) is 2.67. The Morgan fingerprint density at radius 1 is 1.15 bits per heavy atom. The van der Waals surface area contributed by atoms with Crippen molar-refractivity contribution in [3.8, 4) is 17.4 Å². The van der Waals surface area contributed by atoms with Crippen LogP contribution in [0.15, 0.2) is 71.9 Å². The molecule has 0 saturated carbocycles. The average molecular weight is 346 g/mol. The normalized spacial score (nSPS) is 12.0. The summed E-state index contributed by atoms with van der Waals surface area (Å²) in [6, 6.07) is 10.5. The number of rotatable bonds is 5.